The van der Waals surface area contributed by atoms with Gasteiger partial charge in [-0.05, 0) is 19.8 Å². The Morgan fingerprint density at radius 1 is 1.07 bits per heavy atom. The minimum atomic E-state index is -0.135. The zero-order chi connectivity index (χ0) is 10.9. The number of nitrogens with two attached hydrogens (primary N) is 1. The van der Waals surface area contributed by atoms with Gasteiger partial charge in [0.25, 0.3) is 0 Å². The highest BCUT2D eigenvalue weighted by molar-refractivity contribution is 4.75. The van der Waals surface area contributed by atoms with Crippen LogP contribution in [0.25, 0.3) is 0 Å². The molecule has 0 saturated heterocycles. The van der Waals surface area contributed by atoms with Crippen molar-refractivity contribution in [3.05, 3.63) is 0 Å². The van der Waals surface area contributed by atoms with Gasteiger partial charge < -0.3 is 10.5 Å². The van der Waals surface area contributed by atoms with Crippen molar-refractivity contribution in [2.24, 2.45) is 5.73 Å². The third kappa shape index (κ3) is 8.52. The summed E-state index contributed by atoms with van der Waals surface area (Å²) in [7, 11) is 0. The molecule has 0 aromatic carbocycles. The van der Waals surface area contributed by atoms with Crippen LogP contribution in [0.2, 0.25) is 0 Å². The predicted octanol–water partition coefficient (Wildman–Crippen LogP) is 3.10. The van der Waals surface area contributed by atoms with Crippen LogP contribution in [0, 0.1) is 0 Å². The summed E-state index contributed by atoms with van der Waals surface area (Å²) in [5.74, 6) is 0. The molecule has 0 heterocycles. The molecule has 2 N–H and O–H groups in total. The molecule has 0 amide bonds. The van der Waals surface area contributed by atoms with E-state index in [1.54, 1.807) is 0 Å². The average Bonchev–Trinajstić information content (AvgIpc) is 2.16. The number of ether oxygens (including phenoxy) is 1. The molecule has 1 atom stereocenters. The number of unbranched alkanes of at least 4 members (excludes halogenated alkanes) is 4. The molecule has 1 unspecified atom stereocenters. The Kier molecular flexibility index (Phi) is 8.20. The first-order valence-electron chi connectivity index (χ1n) is 5.99. The third-order valence-electron chi connectivity index (χ3n) is 2.63. The van der Waals surface area contributed by atoms with Crippen molar-refractivity contribution >= 4 is 0 Å². The molecule has 0 bridgehead atoms. The second kappa shape index (κ2) is 8.25. The minimum Gasteiger partial charge on any atom is -0.380 e. The molecule has 86 valence electrons. The van der Waals surface area contributed by atoms with E-state index in [2.05, 4.69) is 13.8 Å². The van der Waals surface area contributed by atoms with Crippen LogP contribution in [0.1, 0.15) is 59.3 Å². The molecular weight excluding hydrogens is 174 g/mol. The Balaban J connectivity index is 3.13. The Hall–Kier alpha value is -0.0800. The fourth-order valence-electron chi connectivity index (χ4n) is 1.22. The normalized spacial score (nSPS) is 15.4. The molecule has 0 aliphatic heterocycles. The van der Waals surface area contributed by atoms with Gasteiger partial charge in [-0.15, -0.1) is 0 Å². The van der Waals surface area contributed by atoms with Gasteiger partial charge in [0.2, 0.25) is 0 Å². The van der Waals surface area contributed by atoms with Crippen LogP contribution in [0.15, 0.2) is 0 Å². The Morgan fingerprint density at radius 3 is 2.29 bits per heavy atom. The zero-order valence-electron chi connectivity index (χ0n) is 10.1. The lowest BCUT2D eigenvalue weighted by Gasteiger charge is -2.22. The van der Waals surface area contributed by atoms with E-state index in [0.29, 0.717) is 6.61 Å². The highest BCUT2D eigenvalue weighted by Crippen LogP contribution is 2.06. The van der Waals surface area contributed by atoms with E-state index in [0.717, 1.165) is 13.0 Å². The highest BCUT2D eigenvalue weighted by atomic mass is 16.5. The minimum absolute atomic E-state index is 0.135. The maximum Gasteiger partial charge on any atom is 0.0643 e. The van der Waals surface area contributed by atoms with Gasteiger partial charge >= 0.3 is 0 Å². The molecule has 14 heavy (non-hydrogen) atoms. The summed E-state index contributed by atoms with van der Waals surface area (Å²) in [5.41, 5.74) is 5.82. The fraction of sp³-hybridized carbons (Fsp3) is 1.00. The van der Waals surface area contributed by atoms with Gasteiger partial charge in [-0.2, -0.15) is 0 Å². The first-order chi connectivity index (χ1) is 6.62. The van der Waals surface area contributed by atoms with Crippen molar-refractivity contribution in [2.45, 2.75) is 64.8 Å². The predicted molar refractivity (Wildman–Crippen MR) is 62.5 cm³/mol. The summed E-state index contributed by atoms with van der Waals surface area (Å²) in [6.45, 7) is 7.94. The summed E-state index contributed by atoms with van der Waals surface area (Å²) < 4.78 is 5.54. The highest BCUT2D eigenvalue weighted by Gasteiger charge is 2.14. The molecule has 0 saturated carbocycles. The molecule has 0 aromatic rings. The zero-order valence-corrected chi connectivity index (χ0v) is 10.1. The smallest absolute Gasteiger partial charge is 0.0643 e. The van der Waals surface area contributed by atoms with Gasteiger partial charge in [0.1, 0.15) is 0 Å². The van der Waals surface area contributed by atoms with E-state index in [-0.39, 0.29) is 5.54 Å². The second-order valence-electron chi connectivity index (χ2n) is 4.47. The number of hydrogen-bond donors (Lipinski definition) is 1. The molecule has 0 spiro atoms. The summed E-state index contributed by atoms with van der Waals surface area (Å²) in [6, 6.07) is 0. The molecule has 0 radical (unpaired) electrons. The van der Waals surface area contributed by atoms with Crippen LogP contribution in [-0.4, -0.2) is 18.8 Å². The van der Waals surface area contributed by atoms with Crippen LogP contribution in [0.5, 0.6) is 0 Å². The maximum atomic E-state index is 5.95. The summed E-state index contributed by atoms with van der Waals surface area (Å²) >= 11 is 0. The van der Waals surface area contributed by atoms with Gasteiger partial charge in [0.05, 0.1) is 6.61 Å². The third-order valence-corrected chi connectivity index (χ3v) is 2.63. The Morgan fingerprint density at radius 2 is 1.71 bits per heavy atom. The van der Waals surface area contributed by atoms with Crippen molar-refractivity contribution in [3.8, 4) is 0 Å². The SMILES string of the molecule is CCCCCCCOCC(C)(N)CC. The molecule has 0 aliphatic rings. The van der Waals surface area contributed by atoms with E-state index in [1.807, 2.05) is 6.92 Å². The Labute approximate surface area is 89.2 Å². The van der Waals surface area contributed by atoms with Crippen molar-refractivity contribution in [3.63, 3.8) is 0 Å². The molecule has 0 fully saturated rings. The lowest BCUT2D eigenvalue weighted by atomic mass is 10.0. The monoisotopic (exact) mass is 201 g/mol. The molecule has 0 aromatic heterocycles. The molecule has 0 rings (SSSR count). The summed E-state index contributed by atoms with van der Waals surface area (Å²) in [4.78, 5) is 0. The van der Waals surface area contributed by atoms with Crippen LogP contribution >= 0.6 is 0 Å². The molecule has 2 heteroatoms. The topological polar surface area (TPSA) is 35.2 Å². The Bertz CT molecular complexity index is 123. The van der Waals surface area contributed by atoms with Crippen molar-refractivity contribution in [1.82, 2.24) is 0 Å². The second-order valence-corrected chi connectivity index (χ2v) is 4.47. The molecular formula is C12H27NO. The fourth-order valence-corrected chi connectivity index (χ4v) is 1.22. The van der Waals surface area contributed by atoms with Crippen molar-refractivity contribution in [1.29, 1.82) is 0 Å². The lowest BCUT2D eigenvalue weighted by molar-refractivity contribution is 0.0865. The number of hydrogen-bond acceptors (Lipinski definition) is 2. The van der Waals surface area contributed by atoms with Crippen LogP contribution in [0.3, 0.4) is 0 Å². The van der Waals surface area contributed by atoms with E-state index in [1.165, 1.54) is 32.1 Å². The van der Waals surface area contributed by atoms with E-state index < -0.39 is 0 Å². The molecule has 0 aliphatic carbocycles. The molecule has 2 nitrogen and oxygen atoms in total. The van der Waals surface area contributed by atoms with E-state index in [9.17, 15) is 0 Å². The summed E-state index contributed by atoms with van der Waals surface area (Å²) in [5, 5.41) is 0. The lowest BCUT2D eigenvalue weighted by Crippen LogP contribution is -2.40. The summed E-state index contributed by atoms with van der Waals surface area (Å²) in [6.07, 6.45) is 7.44. The first kappa shape index (κ1) is 13.9. The van der Waals surface area contributed by atoms with Gasteiger partial charge in [0.15, 0.2) is 0 Å². The van der Waals surface area contributed by atoms with E-state index >= 15 is 0 Å². The van der Waals surface area contributed by atoms with Crippen LogP contribution in [0.4, 0.5) is 0 Å². The van der Waals surface area contributed by atoms with Gasteiger partial charge in [0, 0.05) is 12.1 Å². The first-order valence-corrected chi connectivity index (χ1v) is 5.99. The van der Waals surface area contributed by atoms with Crippen LogP contribution < -0.4 is 5.73 Å². The van der Waals surface area contributed by atoms with Gasteiger partial charge in [-0.3, -0.25) is 0 Å². The van der Waals surface area contributed by atoms with Crippen molar-refractivity contribution in [2.75, 3.05) is 13.2 Å². The average molecular weight is 201 g/mol. The van der Waals surface area contributed by atoms with Crippen LogP contribution in [-0.2, 0) is 4.74 Å². The van der Waals surface area contributed by atoms with Gasteiger partial charge in [-0.25, -0.2) is 0 Å². The van der Waals surface area contributed by atoms with E-state index in [4.69, 9.17) is 10.5 Å². The van der Waals surface area contributed by atoms with Gasteiger partial charge in [-0.1, -0.05) is 39.5 Å². The maximum absolute atomic E-state index is 5.95. The quantitative estimate of drug-likeness (QED) is 0.582. The number of rotatable bonds is 9. The largest absolute Gasteiger partial charge is 0.380 e. The van der Waals surface area contributed by atoms with Crippen molar-refractivity contribution < 1.29 is 4.74 Å². The standard InChI is InChI=1S/C12H27NO/c1-4-6-7-8-9-10-14-11-12(3,13)5-2/h4-11,13H2,1-3H3.